The summed E-state index contributed by atoms with van der Waals surface area (Å²) >= 11 is 0. The lowest BCUT2D eigenvalue weighted by Crippen LogP contribution is -2.33. The molecule has 3 rings (SSSR count). The number of anilines is 2. The van der Waals surface area contributed by atoms with Gasteiger partial charge in [0.05, 0.1) is 5.69 Å². The molecule has 1 N–H and O–H groups in total. The van der Waals surface area contributed by atoms with Gasteiger partial charge in [-0.3, -0.25) is 4.79 Å². The maximum Gasteiger partial charge on any atom is 0.333 e. The van der Waals surface area contributed by atoms with Crippen LogP contribution in [0.2, 0.25) is 0 Å². The molecule has 107 valence electrons. The molecule has 0 saturated heterocycles. The van der Waals surface area contributed by atoms with Crippen LogP contribution in [0.5, 0.6) is 0 Å². The molecule has 0 atom stereocenters. The molecule has 0 unspecified atom stereocenters. The third kappa shape index (κ3) is 2.67. The van der Waals surface area contributed by atoms with Crippen LogP contribution in [0.25, 0.3) is 10.8 Å². The van der Waals surface area contributed by atoms with Crippen molar-refractivity contribution in [1.82, 2.24) is 0 Å². The second-order valence-electron chi connectivity index (χ2n) is 4.72. The Morgan fingerprint density at radius 3 is 2.32 bits per heavy atom. The van der Waals surface area contributed by atoms with Gasteiger partial charge in [-0.2, -0.15) is 0 Å². The molecule has 4 nitrogen and oxygen atoms in total. The van der Waals surface area contributed by atoms with Crippen LogP contribution in [0.1, 0.15) is 0 Å². The zero-order valence-corrected chi connectivity index (χ0v) is 11.7. The first-order valence-corrected chi connectivity index (χ1v) is 6.81. The number of nitrogens with zero attached hydrogens (tertiary/aromatic N) is 1. The number of nitrogens with one attached hydrogen (secondary N) is 1. The van der Waals surface area contributed by atoms with Crippen molar-refractivity contribution in [2.24, 2.45) is 0 Å². The van der Waals surface area contributed by atoms with Gasteiger partial charge in [0.25, 0.3) is 0 Å². The second-order valence-corrected chi connectivity index (χ2v) is 4.72. The van der Waals surface area contributed by atoms with Crippen molar-refractivity contribution in [3.8, 4) is 0 Å². The summed E-state index contributed by atoms with van der Waals surface area (Å²) in [6.45, 7) is 0. The Morgan fingerprint density at radius 1 is 0.864 bits per heavy atom. The monoisotopic (exact) mass is 289 g/mol. The zero-order valence-electron chi connectivity index (χ0n) is 11.7. The summed E-state index contributed by atoms with van der Waals surface area (Å²) in [6.07, 6.45) is 1.70. The van der Waals surface area contributed by atoms with Crippen molar-refractivity contribution in [3.63, 3.8) is 0 Å². The summed E-state index contributed by atoms with van der Waals surface area (Å²) in [5.41, 5.74) is 1.12. The van der Waals surface area contributed by atoms with E-state index in [0.717, 1.165) is 15.7 Å². The molecule has 0 aromatic heterocycles. The minimum atomic E-state index is -0.544. The van der Waals surface area contributed by atoms with Crippen LogP contribution in [0, 0.1) is 0 Å². The topological polar surface area (TPSA) is 49.4 Å². The number of carbonyl (C=O) groups excluding carboxylic acids is 2. The van der Waals surface area contributed by atoms with E-state index in [9.17, 15) is 9.59 Å². The molecule has 0 aliphatic rings. The van der Waals surface area contributed by atoms with Crippen molar-refractivity contribution in [2.75, 3.05) is 10.2 Å². The molecule has 0 fully saturated rings. The Labute approximate surface area is 128 Å². The van der Waals surface area contributed by atoms with Crippen LogP contribution >= 0.6 is 0 Å². The lowest BCUT2D eigenvalue weighted by molar-refractivity contribution is 0.259. The van der Waals surface area contributed by atoms with E-state index in [4.69, 9.17) is 0 Å². The summed E-state index contributed by atoms with van der Waals surface area (Å²) in [4.78, 5) is 24.6. The fraction of sp³-hybridized carbons (Fsp3) is 0. The summed E-state index contributed by atoms with van der Waals surface area (Å²) in [6, 6.07) is 21.4. The first-order chi connectivity index (χ1) is 10.8. The predicted octanol–water partition coefficient (Wildman–Crippen LogP) is 3.95. The minimum Gasteiger partial charge on any atom is -0.307 e. The highest BCUT2D eigenvalue weighted by Gasteiger charge is 2.18. The van der Waals surface area contributed by atoms with E-state index in [2.05, 4.69) is 5.32 Å². The number of imide groups is 1. The Kier molecular flexibility index (Phi) is 3.83. The second kappa shape index (κ2) is 6.10. The molecule has 0 spiro atoms. The molecule has 0 heterocycles. The molecule has 0 saturated carbocycles. The van der Waals surface area contributed by atoms with E-state index in [1.165, 1.54) is 0 Å². The molecular formula is C18H13N2O2. The van der Waals surface area contributed by atoms with Crippen LogP contribution in [-0.2, 0) is 4.79 Å². The first kappa shape index (κ1) is 13.8. The van der Waals surface area contributed by atoms with Crippen molar-refractivity contribution in [1.29, 1.82) is 0 Å². The van der Waals surface area contributed by atoms with Gasteiger partial charge < -0.3 is 5.32 Å². The molecule has 0 aliphatic heterocycles. The van der Waals surface area contributed by atoms with Gasteiger partial charge in [-0.1, -0.05) is 54.6 Å². The summed E-state index contributed by atoms with van der Waals surface area (Å²) < 4.78 is 0. The van der Waals surface area contributed by atoms with Gasteiger partial charge >= 0.3 is 12.4 Å². The molecule has 3 aromatic carbocycles. The Bertz CT molecular complexity index is 810. The van der Waals surface area contributed by atoms with E-state index < -0.39 is 6.03 Å². The van der Waals surface area contributed by atoms with Crippen LogP contribution in [0.4, 0.5) is 16.2 Å². The predicted molar refractivity (Wildman–Crippen MR) is 87.6 cm³/mol. The summed E-state index contributed by atoms with van der Waals surface area (Å²) in [7, 11) is 0. The van der Waals surface area contributed by atoms with Crippen LogP contribution < -0.4 is 10.2 Å². The number of fused-ring (bicyclic) bond motifs is 1. The Balaban J connectivity index is 1.96. The van der Waals surface area contributed by atoms with Crippen LogP contribution in [-0.4, -0.2) is 12.4 Å². The number of para-hydroxylation sites is 1. The maximum absolute atomic E-state index is 12.3. The van der Waals surface area contributed by atoms with Crippen molar-refractivity contribution < 1.29 is 9.59 Å². The van der Waals surface area contributed by atoms with Crippen molar-refractivity contribution in [2.45, 2.75) is 0 Å². The number of hydrogen-bond acceptors (Lipinski definition) is 2. The van der Waals surface area contributed by atoms with Crippen molar-refractivity contribution >= 4 is 34.6 Å². The first-order valence-electron chi connectivity index (χ1n) is 6.81. The van der Waals surface area contributed by atoms with Crippen LogP contribution in [0.15, 0.2) is 72.8 Å². The van der Waals surface area contributed by atoms with E-state index in [1.807, 2.05) is 48.5 Å². The normalized spacial score (nSPS) is 10.2. The lowest BCUT2D eigenvalue weighted by Gasteiger charge is -2.17. The smallest absolute Gasteiger partial charge is 0.307 e. The van der Waals surface area contributed by atoms with Crippen molar-refractivity contribution in [3.05, 3.63) is 72.8 Å². The van der Waals surface area contributed by atoms with E-state index in [1.54, 1.807) is 30.7 Å². The molecule has 4 heteroatoms. The Morgan fingerprint density at radius 2 is 1.55 bits per heavy atom. The molecule has 0 bridgehead atoms. The standard InChI is InChI=1S/C18H13N2O2/c21-13-20(18(22)19-15-9-2-1-3-10-15)17-12-6-8-14-7-4-5-11-16(14)17/h1-12H,(H,19,22). The van der Waals surface area contributed by atoms with Gasteiger partial charge in [0, 0.05) is 11.1 Å². The number of urea groups is 1. The van der Waals surface area contributed by atoms with Gasteiger partial charge in [-0.15, -0.1) is 0 Å². The third-order valence-electron chi connectivity index (χ3n) is 3.33. The van der Waals surface area contributed by atoms with Gasteiger partial charge in [0.2, 0.25) is 0 Å². The molecule has 0 aliphatic carbocycles. The molecule has 1 radical (unpaired) electrons. The highest BCUT2D eigenvalue weighted by molar-refractivity contribution is 6.16. The maximum atomic E-state index is 12.3. The summed E-state index contributed by atoms with van der Waals surface area (Å²) in [5.74, 6) is 0. The summed E-state index contributed by atoms with van der Waals surface area (Å²) in [5, 5.41) is 4.45. The highest BCUT2D eigenvalue weighted by Crippen LogP contribution is 2.26. The van der Waals surface area contributed by atoms with Gasteiger partial charge in [-0.05, 0) is 23.6 Å². The largest absolute Gasteiger partial charge is 0.333 e. The zero-order chi connectivity index (χ0) is 15.4. The Hall–Kier alpha value is -3.14. The fourth-order valence-electron chi connectivity index (χ4n) is 2.30. The third-order valence-corrected chi connectivity index (χ3v) is 3.33. The quantitative estimate of drug-likeness (QED) is 0.742. The molecule has 3 aromatic rings. The average Bonchev–Trinajstić information content (AvgIpc) is 2.57. The van der Waals surface area contributed by atoms with E-state index in [-0.39, 0.29) is 0 Å². The minimum absolute atomic E-state index is 0.501. The average molecular weight is 289 g/mol. The fourth-order valence-corrected chi connectivity index (χ4v) is 2.30. The molecule has 3 amide bonds. The molecular weight excluding hydrogens is 276 g/mol. The van der Waals surface area contributed by atoms with Gasteiger partial charge in [0.15, 0.2) is 0 Å². The number of hydrogen-bond donors (Lipinski definition) is 1. The van der Waals surface area contributed by atoms with E-state index in [0.29, 0.717) is 11.4 Å². The highest BCUT2D eigenvalue weighted by atomic mass is 16.2. The number of rotatable bonds is 3. The SMILES string of the molecule is O=[C]N(C(=O)Nc1ccccc1)c1cccc2ccccc12. The van der Waals surface area contributed by atoms with Gasteiger partial charge in [-0.25, -0.2) is 9.69 Å². The number of benzene rings is 3. The lowest BCUT2D eigenvalue weighted by atomic mass is 10.1. The number of carbonyl (C=O) groups is 1. The molecule has 22 heavy (non-hydrogen) atoms. The van der Waals surface area contributed by atoms with Gasteiger partial charge in [0.1, 0.15) is 0 Å². The number of amides is 3. The van der Waals surface area contributed by atoms with E-state index >= 15 is 0 Å². The van der Waals surface area contributed by atoms with Crippen LogP contribution in [0.3, 0.4) is 0 Å².